The van der Waals surface area contributed by atoms with E-state index in [1.165, 1.54) is 0 Å². The van der Waals surface area contributed by atoms with Gasteiger partial charge in [-0.05, 0) is 19.4 Å². The third kappa shape index (κ3) is 4.04. The summed E-state index contributed by atoms with van der Waals surface area (Å²) < 4.78 is 16.4. The van der Waals surface area contributed by atoms with Gasteiger partial charge in [-0.1, -0.05) is 20.3 Å². The van der Waals surface area contributed by atoms with E-state index in [1.807, 2.05) is 12.1 Å². The second-order valence-corrected chi connectivity index (χ2v) is 4.74. The van der Waals surface area contributed by atoms with Crippen LogP contribution in [0.1, 0.15) is 44.7 Å². The molecule has 0 heterocycles. The summed E-state index contributed by atoms with van der Waals surface area (Å²) in [6, 6.07) is 4.05. The van der Waals surface area contributed by atoms with Gasteiger partial charge < -0.3 is 19.5 Å². The Balaban J connectivity index is 3.21. The van der Waals surface area contributed by atoms with Gasteiger partial charge in [0.15, 0.2) is 0 Å². The number of hydrogen-bond acceptors (Lipinski definition) is 4. The zero-order valence-electron chi connectivity index (χ0n) is 13.3. The van der Waals surface area contributed by atoms with Crippen LogP contribution in [0.2, 0.25) is 0 Å². The largest absolute Gasteiger partial charge is 0.496 e. The van der Waals surface area contributed by atoms with Crippen molar-refractivity contribution >= 4 is 0 Å². The van der Waals surface area contributed by atoms with E-state index in [1.54, 1.807) is 21.3 Å². The van der Waals surface area contributed by atoms with Crippen LogP contribution >= 0.6 is 0 Å². The molecule has 0 saturated carbocycles. The number of hydrogen-bond donors (Lipinski definition) is 1. The highest BCUT2D eigenvalue weighted by atomic mass is 16.5. The van der Waals surface area contributed by atoms with E-state index in [2.05, 4.69) is 19.2 Å². The maximum Gasteiger partial charge on any atom is 0.131 e. The molecule has 0 aliphatic heterocycles. The molecule has 0 aliphatic carbocycles. The fourth-order valence-electron chi connectivity index (χ4n) is 2.33. The van der Waals surface area contributed by atoms with Crippen molar-refractivity contribution in [1.29, 1.82) is 0 Å². The Morgan fingerprint density at radius 1 is 0.950 bits per heavy atom. The summed E-state index contributed by atoms with van der Waals surface area (Å²) in [5, 5.41) is 3.57. The van der Waals surface area contributed by atoms with Gasteiger partial charge in [0.05, 0.1) is 26.9 Å². The average Bonchev–Trinajstić information content (AvgIpc) is 2.50. The van der Waals surface area contributed by atoms with Crippen molar-refractivity contribution < 1.29 is 14.2 Å². The number of benzene rings is 1. The van der Waals surface area contributed by atoms with Crippen molar-refractivity contribution in [3.8, 4) is 17.2 Å². The zero-order chi connectivity index (χ0) is 15.0. The molecule has 0 radical (unpaired) electrons. The van der Waals surface area contributed by atoms with Gasteiger partial charge in [0.1, 0.15) is 17.2 Å². The summed E-state index contributed by atoms with van der Waals surface area (Å²) in [4.78, 5) is 0. The fourth-order valence-corrected chi connectivity index (χ4v) is 2.33. The summed E-state index contributed by atoms with van der Waals surface area (Å²) >= 11 is 0. The molecule has 0 fully saturated rings. The van der Waals surface area contributed by atoms with Crippen molar-refractivity contribution in [1.82, 2.24) is 5.32 Å². The van der Waals surface area contributed by atoms with E-state index in [-0.39, 0.29) is 6.04 Å². The van der Waals surface area contributed by atoms with Crippen molar-refractivity contribution in [3.63, 3.8) is 0 Å². The van der Waals surface area contributed by atoms with Crippen LogP contribution in [-0.2, 0) is 0 Å². The third-order valence-electron chi connectivity index (χ3n) is 3.32. The topological polar surface area (TPSA) is 39.7 Å². The van der Waals surface area contributed by atoms with Gasteiger partial charge in [0.25, 0.3) is 0 Å². The Bertz CT molecular complexity index is 382. The highest BCUT2D eigenvalue weighted by Gasteiger charge is 2.21. The predicted octanol–water partition coefficient (Wildman–Crippen LogP) is 3.55. The zero-order valence-corrected chi connectivity index (χ0v) is 13.3. The van der Waals surface area contributed by atoms with E-state index in [9.17, 15) is 0 Å². The lowest BCUT2D eigenvalue weighted by molar-refractivity contribution is 0.353. The first-order chi connectivity index (χ1) is 9.71. The first-order valence-electron chi connectivity index (χ1n) is 7.25. The summed E-state index contributed by atoms with van der Waals surface area (Å²) in [6.45, 7) is 5.32. The molecule has 0 amide bonds. The molecule has 0 aromatic heterocycles. The van der Waals surface area contributed by atoms with Crippen molar-refractivity contribution in [3.05, 3.63) is 17.7 Å². The van der Waals surface area contributed by atoms with Gasteiger partial charge in [-0.25, -0.2) is 0 Å². The molecule has 4 nitrogen and oxygen atoms in total. The van der Waals surface area contributed by atoms with E-state index in [0.717, 1.165) is 48.6 Å². The number of nitrogens with one attached hydrogen (secondary N) is 1. The van der Waals surface area contributed by atoms with Gasteiger partial charge in [0.2, 0.25) is 0 Å². The lowest BCUT2D eigenvalue weighted by Crippen LogP contribution is -2.23. The molecule has 0 bridgehead atoms. The molecule has 1 aromatic rings. The van der Waals surface area contributed by atoms with Crippen molar-refractivity contribution in [2.45, 2.75) is 39.2 Å². The van der Waals surface area contributed by atoms with Crippen LogP contribution in [0.25, 0.3) is 0 Å². The average molecular weight is 281 g/mol. The summed E-state index contributed by atoms with van der Waals surface area (Å²) in [5.74, 6) is 2.36. The molecular weight excluding hydrogens is 254 g/mol. The predicted molar refractivity (Wildman–Crippen MR) is 82.0 cm³/mol. The quantitative estimate of drug-likeness (QED) is 0.751. The Kier molecular flexibility index (Phi) is 7.23. The minimum Gasteiger partial charge on any atom is -0.496 e. The SMILES string of the molecule is CCCNC(CCC)c1c(OC)cc(OC)cc1OC. The number of rotatable bonds is 9. The molecule has 114 valence electrons. The summed E-state index contributed by atoms with van der Waals surface area (Å²) in [6.07, 6.45) is 3.24. The summed E-state index contributed by atoms with van der Waals surface area (Å²) in [5.41, 5.74) is 1.08. The van der Waals surface area contributed by atoms with Crippen LogP contribution in [-0.4, -0.2) is 27.9 Å². The molecule has 0 aliphatic rings. The van der Waals surface area contributed by atoms with Crippen molar-refractivity contribution in [2.24, 2.45) is 0 Å². The standard InChI is InChI=1S/C16H27NO3/c1-6-8-13(17-9-7-2)16-14(19-4)10-12(18-3)11-15(16)20-5/h10-11,13,17H,6-9H2,1-5H3. The van der Waals surface area contributed by atoms with Crippen molar-refractivity contribution in [2.75, 3.05) is 27.9 Å². The van der Waals surface area contributed by atoms with Crippen LogP contribution in [0.4, 0.5) is 0 Å². The Labute approximate surface area is 122 Å². The lowest BCUT2D eigenvalue weighted by Gasteiger charge is -2.23. The molecule has 1 rings (SSSR count). The van der Waals surface area contributed by atoms with Crippen LogP contribution < -0.4 is 19.5 Å². The Morgan fingerprint density at radius 2 is 1.55 bits per heavy atom. The van der Waals surface area contributed by atoms with E-state index in [4.69, 9.17) is 14.2 Å². The minimum absolute atomic E-state index is 0.232. The molecule has 1 aromatic carbocycles. The van der Waals surface area contributed by atoms with E-state index in [0.29, 0.717) is 0 Å². The lowest BCUT2D eigenvalue weighted by atomic mass is 9.99. The molecule has 1 unspecified atom stereocenters. The summed E-state index contributed by atoms with van der Waals surface area (Å²) in [7, 11) is 5.01. The third-order valence-corrected chi connectivity index (χ3v) is 3.32. The number of methoxy groups -OCH3 is 3. The Morgan fingerprint density at radius 3 is 1.95 bits per heavy atom. The highest BCUT2D eigenvalue weighted by Crippen LogP contribution is 2.39. The van der Waals surface area contributed by atoms with Gasteiger partial charge in [-0.3, -0.25) is 0 Å². The second-order valence-electron chi connectivity index (χ2n) is 4.74. The first-order valence-corrected chi connectivity index (χ1v) is 7.25. The van der Waals surface area contributed by atoms with Gasteiger partial charge >= 0.3 is 0 Å². The molecule has 1 atom stereocenters. The molecule has 1 N–H and O–H groups in total. The molecule has 4 heteroatoms. The minimum atomic E-state index is 0.232. The Hall–Kier alpha value is -1.42. The number of ether oxygens (including phenoxy) is 3. The van der Waals surface area contributed by atoms with Gasteiger partial charge in [-0.2, -0.15) is 0 Å². The molecule has 0 saturated heterocycles. The maximum atomic E-state index is 5.54. The highest BCUT2D eigenvalue weighted by molar-refractivity contribution is 5.52. The van der Waals surface area contributed by atoms with Crippen LogP contribution in [0.15, 0.2) is 12.1 Å². The van der Waals surface area contributed by atoms with Crippen LogP contribution in [0.5, 0.6) is 17.2 Å². The maximum absolute atomic E-state index is 5.54. The molecule has 0 spiro atoms. The van der Waals surface area contributed by atoms with Gasteiger partial charge in [0, 0.05) is 18.2 Å². The first kappa shape index (κ1) is 16.6. The van der Waals surface area contributed by atoms with E-state index >= 15 is 0 Å². The molecule has 20 heavy (non-hydrogen) atoms. The van der Waals surface area contributed by atoms with Gasteiger partial charge in [-0.15, -0.1) is 0 Å². The second kappa shape index (κ2) is 8.69. The normalized spacial score (nSPS) is 12.1. The van der Waals surface area contributed by atoms with Crippen LogP contribution in [0.3, 0.4) is 0 Å². The van der Waals surface area contributed by atoms with Crippen LogP contribution in [0, 0.1) is 0 Å². The molecular formula is C16H27NO3. The monoisotopic (exact) mass is 281 g/mol. The fraction of sp³-hybridized carbons (Fsp3) is 0.625. The smallest absolute Gasteiger partial charge is 0.131 e. The van der Waals surface area contributed by atoms with E-state index < -0.39 is 0 Å².